The van der Waals surface area contributed by atoms with Gasteiger partial charge in [-0.3, -0.25) is 4.99 Å². The van der Waals surface area contributed by atoms with Crippen LogP contribution in [-0.2, 0) is 19.3 Å². The van der Waals surface area contributed by atoms with Crippen LogP contribution in [0.25, 0.3) is 0 Å². The second-order valence-electron chi connectivity index (χ2n) is 4.83. The van der Waals surface area contributed by atoms with Crippen LogP contribution in [0, 0.1) is 6.92 Å². The molecular weight excluding hydrogens is 325 g/mol. The third-order valence-electron chi connectivity index (χ3n) is 3.23. The predicted molar refractivity (Wildman–Crippen MR) is 85.3 cm³/mol. The monoisotopic (exact) mass is 342 g/mol. The maximum absolute atomic E-state index is 12.5. The molecule has 1 aromatic carbocycles. The maximum Gasteiger partial charge on any atom is 0.416 e. The zero-order valence-corrected chi connectivity index (χ0v) is 13.6. The average Bonchev–Trinajstić information content (AvgIpc) is 2.92. The molecule has 0 radical (unpaired) electrons. The molecule has 1 aromatic heterocycles. The van der Waals surface area contributed by atoms with Crippen LogP contribution in [0.3, 0.4) is 0 Å². The van der Waals surface area contributed by atoms with Crippen LogP contribution < -0.4 is 10.6 Å². The minimum Gasteiger partial charge on any atom is -0.352 e. The van der Waals surface area contributed by atoms with Crippen LogP contribution in [0.5, 0.6) is 0 Å². The Labute approximate surface area is 136 Å². The zero-order valence-electron chi connectivity index (χ0n) is 12.7. The SMILES string of the molecule is CN=C(NCc1ccc(C(F)(F)F)cc1)NCc1scnc1C. The molecule has 0 fully saturated rings. The van der Waals surface area contributed by atoms with Gasteiger partial charge < -0.3 is 10.6 Å². The number of nitrogens with one attached hydrogen (secondary N) is 2. The van der Waals surface area contributed by atoms with Gasteiger partial charge in [0.1, 0.15) is 0 Å². The van der Waals surface area contributed by atoms with Gasteiger partial charge in [0, 0.05) is 18.5 Å². The van der Waals surface area contributed by atoms with Gasteiger partial charge in [-0.2, -0.15) is 13.2 Å². The Balaban J connectivity index is 1.87. The lowest BCUT2D eigenvalue weighted by Crippen LogP contribution is -2.36. The molecule has 0 atom stereocenters. The molecule has 124 valence electrons. The standard InChI is InChI=1S/C15H17F3N4S/c1-10-13(23-9-22-10)8-21-14(19-2)20-7-11-3-5-12(6-4-11)15(16,17)18/h3-6,9H,7-8H2,1-2H3,(H2,19,20,21). The number of aryl methyl sites for hydroxylation is 1. The summed E-state index contributed by atoms with van der Waals surface area (Å²) in [6.45, 7) is 2.93. The van der Waals surface area contributed by atoms with Crippen LogP contribution in [-0.4, -0.2) is 18.0 Å². The van der Waals surface area contributed by atoms with E-state index in [1.54, 1.807) is 23.9 Å². The number of hydrogen-bond donors (Lipinski definition) is 2. The molecule has 0 bridgehead atoms. The van der Waals surface area contributed by atoms with Crippen molar-refractivity contribution in [1.82, 2.24) is 15.6 Å². The first-order valence-electron chi connectivity index (χ1n) is 6.89. The molecule has 23 heavy (non-hydrogen) atoms. The molecule has 0 saturated carbocycles. The van der Waals surface area contributed by atoms with Crippen LogP contribution in [0.1, 0.15) is 21.7 Å². The number of thiazole rings is 1. The molecule has 2 rings (SSSR count). The van der Waals surface area contributed by atoms with E-state index in [0.717, 1.165) is 28.3 Å². The minimum absolute atomic E-state index is 0.388. The van der Waals surface area contributed by atoms with Gasteiger partial charge in [0.2, 0.25) is 0 Å². The molecule has 0 unspecified atom stereocenters. The molecule has 2 aromatic rings. The largest absolute Gasteiger partial charge is 0.416 e. The summed E-state index contributed by atoms with van der Waals surface area (Å²) in [4.78, 5) is 9.37. The van der Waals surface area contributed by atoms with Gasteiger partial charge in [0.25, 0.3) is 0 Å². The van der Waals surface area contributed by atoms with E-state index < -0.39 is 11.7 Å². The predicted octanol–water partition coefficient (Wildman–Crippen LogP) is 3.34. The number of aromatic nitrogens is 1. The van der Waals surface area contributed by atoms with Crippen LogP contribution in [0.15, 0.2) is 34.8 Å². The van der Waals surface area contributed by atoms with Gasteiger partial charge in [-0.15, -0.1) is 11.3 Å². The van der Waals surface area contributed by atoms with E-state index in [9.17, 15) is 13.2 Å². The number of halogens is 3. The maximum atomic E-state index is 12.5. The highest BCUT2D eigenvalue weighted by molar-refractivity contribution is 7.09. The number of aliphatic imine (C=N–C) groups is 1. The van der Waals surface area contributed by atoms with E-state index in [4.69, 9.17) is 0 Å². The van der Waals surface area contributed by atoms with E-state index >= 15 is 0 Å². The molecule has 0 saturated heterocycles. The Kier molecular flexibility index (Phi) is 5.59. The van der Waals surface area contributed by atoms with E-state index in [1.807, 2.05) is 6.92 Å². The molecule has 0 aliphatic carbocycles. The Morgan fingerprint density at radius 3 is 2.35 bits per heavy atom. The van der Waals surface area contributed by atoms with Gasteiger partial charge in [-0.1, -0.05) is 12.1 Å². The van der Waals surface area contributed by atoms with Crippen molar-refractivity contribution in [1.29, 1.82) is 0 Å². The van der Waals surface area contributed by atoms with Crippen molar-refractivity contribution in [2.75, 3.05) is 7.05 Å². The number of nitrogens with zero attached hydrogens (tertiary/aromatic N) is 2. The van der Waals surface area contributed by atoms with Gasteiger partial charge in [0.15, 0.2) is 5.96 Å². The summed E-state index contributed by atoms with van der Waals surface area (Å²) in [6, 6.07) is 5.06. The number of hydrogen-bond acceptors (Lipinski definition) is 3. The fourth-order valence-electron chi connectivity index (χ4n) is 1.88. The van der Waals surface area contributed by atoms with E-state index in [0.29, 0.717) is 19.0 Å². The zero-order chi connectivity index (χ0) is 16.9. The molecule has 0 amide bonds. The molecular formula is C15H17F3N4S. The lowest BCUT2D eigenvalue weighted by Gasteiger charge is -2.12. The Morgan fingerprint density at radius 2 is 1.83 bits per heavy atom. The topological polar surface area (TPSA) is 49.3 Å². The number of guanidine groups is 1. The highest BCUT2D eigenvalue weighted by Gasteiger charge is 2.29. The molecule has 1 heterocycles. The third-order valence-corrected chi connectivity index (χ3v) is 4.16. The summed E-state index contributed by atoms with van der Waals surface area (Å²) >= 11 is 1.56. The summed E-state index contributed by atoms with van der Waals surface area (Å²) in [7, 11) is 1.64. The van der Waals surface area contributed by atoms with Gasteiger partial charge >= 0.3 is 6.18 Å². The van der Waals surface area contributed by atoms with Crippen molar-refractivity contribution in [2.24, 2.45) is 4.99 Å². The molecule has 8 heteroatoms. The van der Waals surface area contributed by atoms with E-state index in [2.05, 4.69) is 20.6 Å². The van der Waals surface area contributed by atoms with Crippen LogP contribution in [0.2, 0.25) is 0 Å². The highest BCUT2D eigenvalue weighted by atomic mass is 32.1. The second-order valence-corrected chi connectivity index (χ2v) is 5.77. The summed E-state index contributed by atoms with van der Waals surface area (Å²) in [5, 5.41) is 6.22. The molecule has 0 spiro atoms. The first-order chi connectivity index (χ1) is 10.9. The number of rotatable bonds is 4. The first kappa shape index (κ1) is 17.3. The normalized spacial score (nSPS) is 12.3. The van der Waals surface area contributed by atoms with Crippen LogP contribution in [0.4, 0.5) is 13.2 Å². The number of benzene rings is 1. The van der Waals surface area contributed by atoms with Crippen molar-refractivity contribution < 1.29 is 13.2 Å². The summed E-state index contributed by atoms with van der Waals surface area (Å²) < 4.78 is 37.5. The summed E-state index contributed by atoms with van der Waals surface area (Å²) in [6.07, 6.45) is -4.31. The van der Waals surface area contributed by atoms with Crippen molar-refractivity contribution >= 4 is 17.3 Å². The molecule has 2 N–H and O–H groups in total. The first-order valence-corrected chi connectivity index (χ1v) is 7.77. The van der Waals surface area contributed by atoms with E-state index in [-0.39, 0.29) is 0 Å². The smallest absolute Gasteiger partial charge is 0.352 e. The van der Waals surface area contributed by atoms with Crippen molar-refractivity contribution in [3.63, 3.8) is 0 Å². The van der Waals surface area contributed by atoms with Gasteiger partial charge in [-0.25, -0.2) is 4.98 Å². The molecule has 0 aliphatic rings. The Hall–Kier alpha value is -2.09. The van der Waals surface area contributed by atoms with Gasteiger partial charge in [0.05, 0.1) is 23.3 Å². The summed E-state index contributed by atoms with van der Waals surface area (Å²) in [5.74, 6) is 0.581. The van der Waals surface area contributed by atoms with E-state index in [1.165, 1.54) is 12.1 Å². The van der Waals surface area contributed by atoms with Crippen molar-refractivity contribution in [3.8, 4) is 0 Å². The minimum atomic E-state index is -4.31. The van der Waals surface area contributed by atoms with Crippen LogP contribution >= 0.6 is 11.3 Å². The average molecular weight is 342 g/mol. The Morgan fingerprint density at radius 1 is 1.17 bits per heavy atom. The Bertz CT molecular complexity index is 662. The lowest BCUT2D eigenvalue weighted by atomic mass is 10.1. The summed E-state index contributed by atoms with van der Waals surface area (Å²) in [5.41, 5.74) is 2.85. The lowest BCUT2D eigenvalue weighted by molar-refractivity contribution is -0.137. The van der Waals surface area contributed by atoms with Gasteiger partial charge in [-0.05, 0) is 24.6 Å². The van der Waals surface area contributed by atoms with Crippen molar-refractivity contribution in [3.05, 3.63) is 51.5 Å². The fourth-order valence-corrected chi connectivity index (χ4v) is 2.59. The quantitative estimate of drug-likeness (QED) is 0.662. The molecule has 0 aliphatic heterocycles. The highest BCUT2D eigenvalue weighted by Crippen LogP contribution is 2.29. The molecule has 4 nitrogen and oxygen atoms in total. The second kappa shape index (κ2) is 7.45. The third kappa shape index (κ3) is 4.95. The fraction of sp³-hybridized carbons (Fsp3) is 0.333. The number of alkyl halides is 3. The van der Waals surface area contributed by atoms with Crippen molar-refractivity contribution in [2.45, 2.75) is 26.2 Å².